The van der Waals surface area contributed by atoms with E-state index >= 15 is 0 Å². The third kappa shape index (κ3) is 6.45. The van der Waals surface area contributed by atoms with Gasteiger partial charge in [0.1, 0.15) is 0 Å². The van der Waals surface area contributed by atoms with Crippen LogP contribution in [0.15, 0.2) is 30.5 Å². The summed E-state index contributed by atoms with van der Waals surface area (Å²) >= 11 is 6.13. The molecule has 248 valence electrons. The SMILES string of the molecule is C#CCCCN(CCNc1ccnc2cc(Cl)ccc12)C(=O)CCC(=O)O[C@@H]1O[C@@H]2O[C@@]3(C)CC[C@H]4[C@H](C)CCC([C@H]1C)[C@@]24OO3. The number of terminal acetylenes is 1. The number of rotatable bonds is 11. The lowest BCUT2D eigenvalue weighted by Crippen LogP contribution is -2.70. The average Bonchev–Trinajstić information content (AvgIpc) is 3.27. The van der Waals surface area contributed by atoms with Gasteiger partial charge in [0.15, 0.2) is 11.9 Å². The molecule has 1 amide bonds. The molecule has 5 aliphatic rings. The number of esters is 1. The van der Waals surface area contributed by atoms with E-state index in [0.717, 1.165) is 35.9 Å². The van der Waals surface area contributed by atoms with E-state index in [4.69, 9.17) is 42.0 Å². The van der Waals surface area contributed by atoms with Crippen molar-refractivity contribution in [1.29, 1.82) is 0 Å². The number of nitrogens with one attached hydrogen (secondary N) is 1. The Hall–Kier alpha value is -2.94. The molecular formula is C35H44ClN3O7. The van der Waals surface area contributed by atoms with E-state index in [0.29, 0.717) is 49.8 Å². The summed E-state index contributed by atoms with van der Waals surface area (Å²) in [4.78, 5) is 44.7. The Balaban J connectivity index is 1.05. The maximum Gasteiger partial charge on any atom is 0.308 e. The maximum atomic E-state index is 13.3. The molecule has 1 aliphatic carbocycles. The van der Waals surface area contributed by atoms with Crippen molar-refractivity contribution in [3.63, 3.8) is 0 Å². The minimum Gasteiger partial charge on any atom is -0.435 e. The van der Waals surface area contributed by atoms with Crippen molar-refractivity contribution in [1.82, 2.24) is 9.88 Å². The fourth-order valence-corrected chi connectivity index (χ4v) is 8.06. The van der Waals surface area contributed by atoms with Gasteiger partial charge in [0, 0.05) is 73.0 Å². The van der Waals surface area contributed by atoms with Crippen LogP contribution in [0.4, 0.5) is 5.69 Å². The second-order valence-corrected chi connectivity index (χ2v) is 13.8. The van der Waals surface area contributed by atoms with Crippen molar-refractivity contribution in [2.24, 2.45) is 23.7 Å². The van der Waals surface area contributed by atoms with Crippen LogP contribution < -0.4 is 5.32 Å². The lowest BCUT2D eigenvalue weighted by atomic mass is 9.58. The van der Waals surface area contributed by atoms with Gasteiger partial charge in [-0.1, -0.05) is 25.4 Å². The molecule has 1 N–H and O–H groups in total. The number of ether oxygens (including phenoxy) is 3. The van der Waals surface area contributed by atoms with Gasteiger partial charge in [0.05, 0.1) is 11.9 Å². The highest BCUT2D eigenvalue weighted by Crippen LogP contribution is 2.60. The smallest absolute Gasteiger partial charge is 0.308 e. The number of halogens is 1. The van der Waals surface area contributed by atoms with Gasteiger partial charge < -0.3 is 24.4 Å². The van der Waals surface area contributed by atoms with Crippen LogP contribution in [0, 0.1) is 36.0 Å². The molecule has 1 aromatic carbocycles. The normalized spacial score (nSPS) is 33.0. The Kier molecular flexibility index (Phi) is 9.79. The third-order valence-corrected chi connectivity index (χ3v) is 10.6. The molecule has 8 atom stereocenters. The summed E-state index contributed by atoms with van der Waals surface area (Å²) in [6.07, 6.45) is 10.5. The second kappa shape index (κ2) is 13.7. The van der Waals surface area contributed by atoms with Crippen molar-refractivity contribution in [2.45, 2.75) is 96.1 Å². The summed E-state index contributed by atoms with van der Waals surface area (Å²) < 4.78 is 18.6. The molecular weight excluding hydrogens is 610 g/mol. The highest BCUT2D eigenvalue weighted by Gasteiger charge is 2.69. The summed E-state index contributed by atoms with van der Waals surface area (Å²) in [5.41, 5.74) is 0.963. The number of hydrogen-bond acceptors (Lipinski definition) is 9. The topological polar surface area (TPSA) is 108 Å². The average molecular weight is 654 g/mol. The molecule has 4 aliphatic heterocycles. The molecule has 11 heteroatoms. The number of carbonyl (C=O) groups is 2. The minimum absolute atomic E-state index is 0.0224. The van der Waals surface area contributed by atoms with Crippen molar-refractivity contribution >= 4 is 40.1 Å². The van der Waals surface area contributed by atoms with E-state index in [9.17, 15) is 9.59 Å². The van der Waals surface area contributed by atoms with Gasteiger partial charge in [-0.05, 0) is 68.7 Å². The molecule has 1 unspecified atom stereocenters. The number of aromatic nitrogens is 1. The minimum atomic E-state index is -0.908. The zero-order valence-corrected chi connectivity index (χ0v) is 27.6. The fourth-order valence-electron chi connectivity index (χ4n) is 7.90. The molecule has 1 spiro atoms. The van der Waals surface area contributed by atoms with E-state index < -0.39 is 29.9 Å². The van der Waals surface area contributed by atoms with Gasteiger partial charge in [-0.3, -0.25) is 14.6 Å². The molecule has 7 rings (SSSR count). The zero-order valence-electron chi connectivity index (χ0n) is 26.8. The van der Waals surface area contributed by atoms with E-state index in [1.54, 1.807) is 11.1 Å². The lowest BCUT2D eigenvalue weighted by molar-refractivity contribution is -0.576. The van der Waals surface area contributed by atoms with Crippen LogP contribution in [0.1, 0.15) is 72.1 Å². The van der Waals surface area contributed by atoms with Crippen LogP contribution >= 0.6 is 11.6 Å². The van der Waals surface area contributed by atoms with E-state index in [1.807, 2.05) is 38.1 Å². The van der Waals surface area contributed by atoms with E-state index in [1.165, 1.54) is 0 Å². The van der Waals surface area contributed by atoms with Gasteiger partial charge in [-0.25, -0.2) is 9.78 Å². The van der Waals surface area contributed by atoms with E-state index in [-0.39, 0.29) is 36.5 Å². The van der Waals surface area contributed by atoms with Crippen molar-refractivity contribution in [2.75, 3.05) is 25.0 Å². The number of nitrogens with zero attached hydrogens (tertiary/aromatic N) is 2. The first-order chi connectivity index (χ1) is 22.1. The fraction of sp³-hybridized carbons (Fsp3) is 0.629. The number of hydrogen-bond donors (Lipinski definition) is 1. The molecule has 0 radical (unpaired) electrons. The summed E-state index contributed by atoms with van der Waals surface area (Å²) in [5, 5.41) is 4.97. The summed E-state index contributed by atoms with van der Waals surface area (Å²) in [7, 11) is 0. The van der Waals surface area contributed by atoms with Gasteiger partial charge in [0.2, 0.25) is 18.0 Å². The standard InChI is InChI=1S/C35H44ClN3O7/c1-5-6-7-19-39(20-18-38-28-15-17-37-29-21-24(36)9-10-25(28)29)30(40)12-13-31(41)42-32-23(3)27-11-8-22(2)26-14-16-34(4)44-33(43-32)35(26,27)46-45-34/h1,9-10,15,17,21-23,26-27,32-33H,6-8,11-14,16,18-20H2,2-4H3,(H,37,38)/t22-,23-,26+,27?,32-,33-,34-,35-/m1/s1. The molecule has 46 heavy (non-hydrogen) atoms. The molecule has 1 saturated carbocycles. The Morgan fingerprint density at radius 1 is 1.15 bits per heavy atom. The van der Waals surface area contributed by atoms with Gasteiger partial charge in [-0.15, -0.1) is 12.3 Å². The van der Waals surface area contributed by atoms with Crippen LogP contribution in [0.25, 0.3) is 10.9 Å². The Morgan fingerprint density at radius 2 is 2.00 bits per heavy atom. The second-order valence-electron chi connectivity index (χ2n) is 13.4. The van der Waals surface area contributed by atoms with Crippen molar-refractivity contribution in [3.05, 3.63) is 35.5 Å². The van der Waals surface area contributed by atoms with E-state index in [2.05, 4.69) is 23.1 Å². The number of carbonyl (C=O) groups excluding carboxylic acids is 2. The first-order valence-electron chi connectivity index (χ1n) is 16.5. The molecule has 1 aromatic heterocycles. The van der Waals surface area contributed by atoms with Crippen molar-refractivity contribution < 1.29 is 33.6 Å². The van der Waals surface area contributed by atoms with Crippen LogP contribution in [0.3, 0.4) is 0 Å². The third-order valence-electron chi connectivity index (χ3n) is 10.4. The summed E-state index contributed by atoms with van der Waals surface area (Å²) in [6, 6.07) is 7.46. The van der Waals surface area contributed by atoms with Gasteiger partial charge in [-0.2, -0.15) is 0 Å². The Bertz CT molecular complexity index is 1480. The lowest BCUT2D eigenvalue weighted by Gasteiger charge is -2.59. The van der Waals surface area contributed by atoms with Crippen molar-refractivity contribution in [3.8, 4) is 12.3 Å². The highest BCUT2D eigenvalue weighted by atomic mass is 35.5. The van der Waals surface area contributed by atoms with Crippen LogP contribution in [0.5, 0.6) is 0 Å². The zero-order chi connectivity index (χ0) is 32.5. The predicted molar refractivity (Wildman–Crippen MR) is 172 cm³/mol. The number of amides is 1. The van der Waals surface area contributed by atoms with Crippen LogP contribution in [0.2, 0.25) is 5.02 Å². The molecule has 5 heterocycles. The maximum absolute atomic E-state index is 13.3. The van der Waals surface area contributed by atoms with Crippen LogP contribution in [-0.4, -0.2) is 65.4 Å². The molecule has 4 saturated heterocycles. The number of fused-ring (bicyclic) bond motifs is 3. The molecule has 2 bridgehead atoms. The first-order valence-corrected chi connectivity index (χ1v) is 16.9. The number of pyridine rings is 1. The summed E-state index contributed by atoms with van der Waals surface area (Å²) in [5.74, 6) is 1.69. The number of anilines is 1. The Labute approximate surface area is 275 Å². The molecule has 5 fully saturated rings. The molecule has 10 nitrogen and oxygen atoms in total. The predicted octanol–water partition coefficient (Wildman–Crippen LogP) is 6.07. The largest absolute Gasteiger partial charge is 0.435 e. The first kappa shape index (κ1) is 33.0. The molecule has 2 aromatic rings. The number of unbranched alkanes of at least 4 members (excludes halogenated alkanes) is 1. The monoisotopic (exact) mass is 653 g/mol. The highest BCUT2D eigenvalue weighted by molar-refractivity contribution is 6.31. The van der Waals surface area contributed by atoms with Crippen LogP contribution in [-0.2, 0) is 33.6 Å². The quantitative estimate of drug-likeness (QED) is 0.134. The Morgan fingerprint density at radius 3 is 2.83 bits per heavy atom. The van der Waals surface area contributed by atoms with Gasteiger partial charge in [0.25, 0.3) is 0 Å². The summed E-state index contributed by atoms with van der Waals surface area (Å²) in [6.45, 7) is 7.62. The van der Waals surface area contributed by atoms with Gasteiger partial charge >= 0.3 is 5.97 Å². The number of benzene rings is 1.